The number of carbonyl (C=O) groups excluding carboxylic acids is 1. The maximum atomic E-state index is 11.6. The molecule has 1 heterocycles. The molecule has 1 aromatic carbocycles. The average Bonchev–Trinajstić information content (AvgIpc) is 2.92. The van der Waals surface area contributed by atoms with Crippen LogP contribution >= 0.6 is 0 Å². The first-order chi connectivity index (χ1) is 9.69. The van der Waals surface area contributed by atoms with Crippen molar-refractivity contribution < 1.29 is 9.53 Å². The molecule has 1 aromatic heterocycles. The number of hydrogen-bond acceptors (Lipinski definition) is 4. The molecule has 106 valence electrons. The van der Waals surface area contributed by atoms with E-state index in [2.05, 4.69) is 10.4 Å². The minimum atomic E-state index is -0.366. The predicted molar refractivity (Wildman–Crippen MR) is 77.5 cm³/mol. The number of rotatable bonds is 6. The van der Waals surface area contributed by atoms with Gasteiger partial charge in [0.25, 0.3) is 0 Å². The maximum Gasteiger partial charge on any atom is 0.328 e. The lowest BCUT2D eigenvalue weighted by atomic mass is 10.2. The molecule has 0 aliphatic heterocycles. The topological polar surface area (TPSA) is 56.1 Å². The molecule has 1 atom stereocenters. The van der Waals surface area contributed by atoms with E-state index in [1.807, 2.05) is 41.2 Å². The Hall–Kier alpha value is -2.30. The largest absolute Gasteiger partial charge is 0.464 e. The zero-order valence-corrected chi connectivity index (χ0v) is 11.7. The summed E-state index contributed by atoms with van der Waals surface area (Å²) < 4.78 is 6.83. The Balaban J connectivity index is 2.00. The van der Waals surface area contributed by atoms with Crippen LogP contribution in [0.15, 0.2) is 42.7 Å². The lowest BCUT2D eigenvalue weighted by molar-refractivity contribution is -0.143. The van der Waals surface area contributed by atoms with Crippen LogP contribution in [0, 0.1) is 0 Å². The first-order valence-corrected chi connectivity index (χ1v) is 6.68. The fourth-order valence-electron chi connectivity index (χ4n) is 1.92. The van der Waals surface area contributed by atoms with Gasteiger partial charge in [0.1, 0.15) is 6.04 Å². The van der Waals surface area contributed by atoms with E-state index in [0.717, 1.165) is 11.3 Å². The van der Waals surface area contributed by atoms with Crippen molar-refractivity contribution in [3.8, 4) is 0 Å². The number of aromatic nitrogens is 2. The lowest BCUT2D eigenvalue weighted by Gasteiger charge is -2.14. The predicted octanol–water partition coefficient (Wildman–Crippen LogP) is 2.29. The van der Waals surface area contributed by atoms with Gasteiger partial charge in [0, 0.05) is 18.1 Å². The summed E-state index contributed by atoms with van der Waals surface area (Å²) in [6, 6.07) is 9.46. The van der Waals surface area contributed by atoms with E-state index in [1.165, 1.54) is 0 Å². The van der Waals surface area contributed by atoms with Gasteiger partial charge < -0.3 is 10.1 Å². The van der Waals surface area contributed by atoms with Gasteiger partial charge in [-0.05, 0) is 37.6 Å². The summed E-state index contributed by atoms with van der Waals surface area (Å²) in [6.07, 6.45) is 3.67. The SMILES string of the molecule is CCOC(=O)[C@H](C)Nc1cccc(Cn2cccn2)c1. The van der Waals surface area contributed by atoms with Gasteiger partial charge in [-0.15, -0.1) is 0 Å². The van der Waals surface area contributed by atoms with Gasteiger partial charge >= 0.3 is 5.97 Å². The summed E-state index contributed by atoms with van der Waals surface area (Å²) >= 11 is 0. The molecule has 2 aromatic rings. The number of nitrogens with zero attached hydrogens (tertiary/aromatic N) is 2. The van der Waals surface area contributed by atoms with Gasteiger partial charge in [-0.2, -0.15) is 5.10 Å². The second kappa shape index (κ2) is 6.75. The Morgan fingerprint density at radius 3 is 3.00 bits per heavy atom. The summed E-state index contributed by atoms with van der Waals surface area (Å²) in [5, 5.41) is 7.32. The van der Waals surface area contributed by atoms with E-state index in [4.69, 9.17) is 4.74 Å². The molecule has 0 saturated heterocycles. The molecule has 0 spiro atoms. The van der Waals surface area contributed by atoms with E-state index >= 15 is 0 Å². The summed E-state index contributed by atoms with van der Waals surface area (Å²) in [5.41, 5.74) is 2.02. The molecule has 0 bridgehead atoms. The molecule has 0 amide bonds. The van der Waals surface area contributed by atoms with E-state index in [1.54, 1.807) is 20.0 Å². The fourth-order valence-corrected chi connectivity index (χ4v) is 1.92. The van der Waals surface area contributed by atoms with Gasteiger partial charge in [0.2, 0.25) is 0 Å². The van der Waals surface area contributed by atoms with Crippen molar-refractivity contribution in [2.24, 2.45) is 0 Å². The van der Waals surface area contributed by atoms with Crippen molar-refractivity contribution in [1.82, 2.24) is 9.78 Å². The van der Waals surface area contributed by atoms with E-state index in [0.29, 0.717) is 13.2 Å². The molecule has 2 rings (SSSR count). The molecule has 5 nitrogen and oxygen atoms in total. The van der Waals surface area contributed by atoms with Crippen LogP contribution in [0.1, 0.15) is 19.4 Å². The molecule has 5 heteroatoms. The molecule has 0 fully saturated rings. The van der Waals surface area contributed by atoms with E-state index in [9.17, 15) is 4.79 Å². The first-order valence-electron chi connectivity index (χ1n) is 6.68. The summed E-state index contributed by atoms with van der Waals surface area (Å²) in [5.74, 6) is -0.245. The van der Waals surface area contributed by atoms with E-state index in [-0.39, 0.29) is 12.0 Å². The third kappa shape index (κ3) is 3.85. The van der Waals surface area contributed by atoms with Crippen LogP contribution in [0.2, 0.25) is 0 Å². The number of esters is 1. The third-order valence-corrected chi connectivity index (χ3v) is 2.85. The minimum absolute atomic E-state index is 0.245. The van der Waals surface area contributed by atoms with Crippen molar-refractivity contribution in [2.75, 3.05) is 11.9 Å². The summed E-state index contributed by atoms with van der Waals surface area (Å²) in [6.45, 7) is 4.69. The van der Waals surface area contributed by atoms with Gasteiger partial charge in [-0.3, -0.25) is 4.68 Å². The number of carbonyl (C=O) groups is 1. The van der Waals surface area contributed by atoms with Crippen molar-refractivity contribution in [3.63, 3.8) is 0 Å². The van der Waals surface area contributed by atoms with Crippen molar-refractivity contribution in [1.29, 1.82) is 0 Å². The molecule has 0 aliphatic rings. The molecule has 0 saturated carbocycles. The summed E-state index contributed by atoms with van der Waals surface area (Å²) in [7, 11) is 0. The molecular weight excluding hydrogens is 254 g/mol. The minimum Gasteiger partial charge on any atom is -0.464 e. The van der Waals surface area contributed by atoms with E-state index < -0.39 is 0 Å². The zero-order valence-electron chi connectivity index (χ0n) is 11.7. The van der Waals surface area contributed by atoms with Crippen LogP contribution in [0.4, 0.5) is 5.69 Å². The highest BCUT2D eigenvalue weighted by Gasteiger charge is 2.13. The monoisotopic (exact) mass is 273 g/mol. The highest BCUT2D eigenvalue weighted by molar-refractivity contribution is 5.78. The normalized spacial score (nSPS) is 11.9. The Kier molecular flexibility index (Phi) is 4.76. The van der Waals surface area contributed by atoms with Crippen molar-refractivity contribution >= 4 is 11.7 Å². The smallest absolute Gasteiger partial charge is 0.328 e. The third-order valence-electron chi connectivity index (χ3n) is 2.85. The van der Waals surface area contributed by atoms with Crippen LogP contribution in [0.3, 0.4) is 0 Å². The van der Waals surface area contributed by atoms with Gasteiger partial charge in [0.15, 0.2) is 0 Å². The Morgan fingerprint density at radius 2 is 2.30 bits per heavy atom. The van der Waals surface area contributed by atoms with Gasteiger partial charge in [0.05, 0.1) is 13.2 Å². The molecule has 0 aliphatic carbocycles. The van der Waals surface area contributed by atoms with Crippen LogP contribution in [-0.4, -0.2) is 28.4 Å². The Bertz CT molecular complexity index is 552. The fraction of sp³-hybridized carbons (Fsp3) is 0.333. The number of anilines is 1. The second-order valence-corrected chi connectivity index (χ2v) is 4.52. The molecule has 1 N–H and O–H groups in total. The summed E-state index contributed by atoms with van der Waals surface area (Å²) in [4.78, 5) is 11.6. The maximum absolute atomic E-state index is 11.6. The highest BCUT2D eigenvalue weighted by atomic mass is 16.5. The van der Waals surface area contributed by atoms with Crippen LogP contribution in [-0.2, 0) is 16.1 Å². The molecule has 20 heavy (non-hydrogen) atoms. The average molecular weight is 273 g/mol. The van der Waals surface area contributed by atoms with Crippen molar-refractivity contribution in [2.45, 2.75) is 26.4 Å². The van der Waals surface area contributed by atoms with Gasteiger partial charge in [-0.25, -0.2) is 4.79 Å². The first kappa shape index (κ1) is 14.1. The number of benzene rings is 1. The second-order valence-electron chi connectivity index (χ2n) is 4.52. The highest BCUT2D eigenvalue weighted by Crippen LogP contribution is 2.13. The standard InChI is InChI=1S/C15H19N3O2/c1-3-20-15(19)12(2)17-14-7-4-6-13(10-14)11-18-9-5-8-16-18/h4-10,12,17H,3,11H2,1-2H3/t12-/m0/s1. The Morgan fingerprint density at radius 1 is 1.45 bits per heavy atom. The molecule has 0 radical (unpaired) electrons. The molecular formula is C15H19N3O2. The van der Waals surface area contributed by atoms with Crippen molar-refractivity contribution in [3.05, 3.63) is 48.3 Å². The quantitative estimate of drug-likeness (QED) is 0.820. The number of ether oxygens (including phenoxy) is 1. The number of nitrogens with one attached hydrogen (secondary N) is 1. The number of hydrogen-bond donors (Lipinski definition) is 1. The van der Waals surface area contributed by atoms with Crippen LogP contribution in [0.25, 0.3) is 0 Å². The zero-order chi connectivity index (χ0) is 14.4. The van der Waals surface area contributed by atoms with Crippen LogP contribution < -0.4 is 5.32 Å². The Labute approximate surface area is 118 Å². The van der Waals surface area contributed by atoms with Crippen LogP contribution in [0.5, 0.6) is 0 Å². The molecule has 0 unspecified atom stereocenters. The lowest BCUT2D eigenvalue weighted by Crippen LogP contribution is -2.28. The van der Waals surface area contributed by atoms with Gasteiger partial charge in [-0.1, -0.05) is 12.1 Å².